The minimum atomic E-state index is 0.774. The molecule has 5 rings (SSSR count). The lowest BCUT2D eigenvalue weighted by molar-refractivity contribution is 0.209. The van der Waals surface area contributed by atoms with Gasteiger partial charge in [0.15, 0.2) is 0 Å². The summed E-state index contributed by atoms with van der Waals surface area (Å²) in [6.07, 6.45) is 7.40. The number of nitrogens with zero attached hydrogens (tertiary/aromatic N) is 3. The molecule has 2 aromatic heterocycles. The Labute approximate surface area is 176 Å². The molecule has 0 bridgehead atoms. The van der Waals surface area contributed by atoms with Gasteiger partial charge >= 0.3 is 0 Å². The van der Waals surface area contributed by atoms with Crippen molar-refractivity contribution in [2.45, 2.75) is 32.2 Å². The number of piperidine rings is 1. The lowest BCUT2D eigenvalue weighted by atomic mass is 9.92. The summed E-state index contributed by atoms with van der Waals surface area (Å²) in [7, 11) is 2.23. The van der Waals surface area contributed by atoms with Crippen LogP contribution in [-0.2, 0) is 6.54 Å². The Morgan fingerprint density at radius 1 is 1.10 bits per heavy atom. The van der Waals surface area contributed by atoms with E-state index >= 15 is 0 Å². The molecule has 0 aliphatic carbocycles. The van der Waals surface area contributed by atoms with Crippen LogP contribution in [0.1, 0.15) is 25.7 Å². The van der Waals surface area contributed by atoms with Gasteiger partial charge in [-0.15, -0.1) is 0 Å². The fraction of sp³-hybridized carbons (Fsp3) is 0.375. The molecule has 1 saturated heterocycles. The molecule has 1 aliphatic heterocycles. The largest absolute Gasteiger partial charge is 0.347 e. The molecule has 0 unspecified atom stereocenters. The van der Waals surface area contributed by atoms with E-state index in [4.69, 9.17) is 16.6 Å². The van der Waals surface area contributed by atoms with Gasteiger partial charge in [-0.3, -0.25) is 0 Å². The van der Waals surface area contributed by atoms with Gasteiger partial charge in [0.1, 0.15) is 5.82 Å². The Balaban J connectivity index is 1.34. The standard InChI is InChI=1S/C24H27ClN4/c1-28-14-10-17(11-15-28)5-4-13-29-16-12-18-22(29)9-8-19(23(18)25)24-26-20-6-2-3-7-21(20)27-24/h2-3,6-9,12,16-17H,4-5,10-11,13-15H2,1H3,(H,26,27). The highest BCUT2D eigenvalue weighted by Gasteiger charge is 2.17. The molecule has 0 amide bonds. The van der Waals surface area contributed by atoms with Crippen LogP contribution in [0.15, 0.2) is 48.7 Å². The molecule has 3 heterocycles. The lowest BCUT2D eigenvalue weighted by Crippen LogP contribution is -2.30. The highest BCUT2D eigenvalue weighted by Crippen LogP contribution is 2.34. The quantitative estimate of drug-likeness (QED) is 0.444. The number of imidazole rings is 1. The Kier molecular flexibility index (Phi) is 5.06. The van der Waals surface area contributed by atoms with Gasteiger partial charge < -0.3 is 14.5 Å². The van der Waals surface area contributed by atoms with Gasteiger partial charge in [0.25, 0.3) is 0 Å². The maximum absolute atomic E-state index is 6.81. The average molecular weight is 407 g/mol. The van der Waals surface area contributed by atoms with Crippen molar-refractivity contribution in [3.63, 3.8) is 0 Å². The number of benzene rings is 2. The highest BCUT2D eigenvalue weighted by molar-refractivity contribution is 6.38. The van der Waals surface area contributed by atoms with E-state index in [1.54, 1.807) is 0 Å². The summed E-state index contributed by atoms with van der Waals surface area (Å²) in [4.78, 5) is 10.5. The van der Waals surface area contributed by atoms with Crippen LogP contribution < -0.4 is 0 Å². The second kappa shape index (κ2) is 7.85. The fourth-order valence-corrected chi connectivity index (χ4v) is 4.91. The number of nitrogens with one attached hydrogen (secondary N) is 1. The molecule has 0 spiro atoms. The van der Waals surface area contributed by atoms with Gasteiger partial charge in [0, 0.05) is 29.2 Å². The molecule has 4 nitrogen and oxygen atoms in total. The zero-order valence-corrected chi connectivity index (χ0v) is 17.6. The molecule has 0 saturated carbocycles. The van der Waals surface area contributed by atoms with Gasteiger partial charge in [-0.25, -0.2) is 4.98 Å². The molecule has 1 fully saturated rings. The number of halogens is 1. The third kappa shape index (κ3) is 3.67. The molecule has 5 heteroatoms. The number of hydrogen-bond donors (Lipinski definition) is 1. The van der Waals surface area contributed by atoms with Crippen molar-refractivity contribution in [1.82, 2.24) is 19.4 Å². The maximum Gasteiger partial charge on any atom is 0.140 e. The van der Waals surface area contributed by atoms with Crippen molar-refractivity contribution in [2.75, 3.05) is 20.1 Å². The van der Waals surface area contributed by atoms with Gasteiger partial charge in [0.05, 0.1) is 16.1 Å². The molecule has 1 N–H and O–H groups in total. The van der Waals surface area contributed by atoms with E-state index in [0.29, 0.717) is 0 Å². The number of rotatable bonds is 5. The lowest BCUT2D eigenvalue weighted by Gasteiger charge is -2.28. The average Bonchev–Trinajstić information content (AvgIpc) is 3.34. The number of likely N-dealkylation sites (tertiary alicyclic amines) is 1. The predicted molar refractivity (Wildman–Crippen MR) is 121 cm³/mol. The number of aromatic amines is 1. The monoisotopic (exact) mass is 406 g/mol. The third-order valence-electron chi connectivity index (χ3n) is 6.38. The summed E-state index contributed by atoms with van der Waals surface area (Å²) < 4.78 is 2.35. The van der Waals surface area contributed by atoms with E-state index in [1.165, 1.54) is 44.3 Å². The second-order valence-electron chi connectivity index (χ2n) is 8.36. The van der Waals surface area contributed by atoms with Crippen LogP contribution in [0.2, 0.25) is 5.02 Å². The molecular weight excluding hydrogens is 380 g/mol. The van der Waals surface area contributed by atoms with E-state index in [1.807, 2.05) is 24.3 Å². The van der Waals surface area contributed by atoms with Gasteiger partial charge in [0.2, 0.25) is 0 Å². The van der Waals surface area contributed by atoms with Crippen molar-refractivity contribution >= 4 is 33.5 Å². The Bertz CT molecular complexity index is 1100. The van der Waals surface area contributed by atoms with E-state index in [2.05, 4.69) is 45.9 Å². The second-order valence-corrected chi connectivity index (χ2v) is 8.74. The smallest absolute Gasteiger partial charge is 0.140 e. The van der Waals surface area contributed by atoms with Crippen LogP contribution in [0.4, 0.5) is 0 Å². The molecule has 1 aliphatic rings. The van der Waals surface area contributed by atoms with Crippen LogP contribution in [0.3, 0.4) is 0 Å². The van der Waals surface area contributed by atoms with Crippen molar-refractivity contribution < 1.29 is 0 Å². The zero-order chi connectivity index (χ0) is 19.8. The Morgan fingerprint density at radius 3 is 2.76 bits per heavy atom. The van der Waals surface area contributed by atoms with Crippen molar-refractivity contribution in [3.8, 4) is 11.4 Å². The van der Waals surface area contributed by atoms with Gasteiger partial charge in [-0.2, -0.15) is 0 Å². The number of aromatic nitrogens is 3. The number of aryl methyl sites for hydroxylation is 1. The van der Waals surface area contributed by atoms with Crippen molar-refractivity contribution in [1.29, 1.82) is 0 Å². The molecule has 4 aromatic rings. The highest BCUT2D eigenvalue weighted by atomic mass is 35.5. The van der Waals surface area contributed by atoms with Crippen LogP contribution in [0, 0.1) is 5.92 Å². The zero-order valence-electron chi connectivity index (χ0n) is 16.9. The topological polar surface area (TPSA) is 36.9 Å². The van der Waals surface area contributed by atoms with Crippen LogP contribution in [0.25, 0.3) is 33.3 Å². The van der Waals surface area contributed by atoms with E-state index in [0.717, 1.165) is 45.3 Å². The molecule has 29 heavy (non-hydrogen) atoms. The predicted octanol–water partition coefficient (Wildman–Crippen LogP) is 5.96. The molecule has 150 valence electrons. The van der Waals surface area contributed by atoms with E-state index in [9.17, 15) is 0 Å². The number of hydrogen-bond acceptors (Lipinski definition) is 2. The first kappa shape index (κ1) is 18.7. The number of para-hydroxylation sites is 2. The van der Waals surface area contributed by atoms with Gasteiger partial charge in [-0.05, 0) is 82.1 Å². The summed E-state index contributed by atoms with van der Waals surface area (Å²) in [6, 6.07) is 14.5. The van der Waals surface area contributed by atoms with Crippen molar-refractivity contribution in [3.05, 3.63) is 53.7 Å². The van der Waals surface area contributed by atoms with E-state index in [-0.39, 0.29) is 0 Å². The molecule has 0 radical (unpaired) electrons. The number of fused-ring (bicyclic) bond motifs is 2. The Hall–Kier alpha value is -2.30. The molecule has 0 atom stereocenters. The summed E-state index contributed by atoms with van der Waals surface area (Å²) in [5.41, 5.74) is 4.16. The minimum absolute atomic E-state index is 0.774. The summed E-state index contributed by atoms with van der Waals surface area (Å²) in [5, 5.41) is 1.87. The summed E-state index contributed by atoms with van der Waals surface area (Å²) in [5.74, 6) is 1.71. The normalized spacial score (nSPS) is 16.2. The third-order valence-corrected chi connectivity index (χ3v) is 6.79. The van der Waals surface area contributed by atoms with E-state index < -0.39 is 0 Å². The van der Waals surface area contributed by atoms with Crippen molar-refractivity contribution in [2.24, 2.45) is 5.92 Å². The molecular formula is C24H27ClN4. The van der Waals surface area contributed by atoms with Crippen LogP contribution in [0.5, 0.6) is 0 Å². The van der Waals surface area contributed by atoms with Crippen LogP contribution in [-0.4, -0.2) is 39.6 Å². The number of H-pyrrole nitrogens is 1. The molecule has 2 aromatic carbocycles. The van der Waals surface area contributed by atoms with Crippen LogP contribution >= 0.6 is 11.6 Å². The first-order valence-corrected chi connectivity index (χ1v) is 11.0. The summed E-state index contributed by atoms with van der Waals surface area (Å²) in [6.45, 7) is 3.55. The first-order valence-electron chi connectivity index (χ1n) is 10.6. The maximum atomic E-state index is 6.81. The minimum Gasteiger partial charge on any atom is -0.347 e. The summed E-state index contributed by atoms with van der Waals surface area (Å²) >= 11 is 6.81. The van der Waals surface area contributed by atoms with Gasteiger partial charge in [-0.1, -0.05) is 23.7 Å². The fourth-order valence-electron chi connectivity index (χ4n) is 4.60. The Morgan fingerprint density at radius 2 is 1.93 bits per heavy atom. The first-order chi connectivity index (χ1) is 14.2. The SMILES string of the molecule is CN1CCC(CCCn2ccc3c(Cl)c(-c4nc5ccccc5[nH]4)ccc32)CC1.